The second-order valence-corrected chi connectivity index (χ2v) is 5.57. The summed E-state index contributed by atoms with van der Waals surface area (Å²) >= 11 is 3.53. The molecule has 1 aromatic carbocycles. The molecule has 0 radical (unpaired) electrons. The Hall–Kier alpha value is -0.480. The molecule has 94 valence electrons. The summed E-state index contributed by atoms with van der Waals surface area (Å²) in [4.78, 5) is 0.0641. The van der Waals surface area contributed by atoms with Gasteiger partial charge in [-0.15, -0.1) is 0 Å². The van der Waals surface area contributed by atoms with E-state index in [9.17, 15) is 8.78 Å². The highest BCUT2D eigenvalue weighted by atomic mass is 79.9. The largest absolute Gasteiger partial charge is 0.381 e. The minimum Gasteiger partial charge on any atom is -0.381 e. The van der Waals surface area contributed by atoms with Gasteiger partial charge in [0.2, 0.25) is 0 Å². The van der Waals surface area contributed by atoms with E-state index in [2.05, 4.69) is 15.9 Å². The summed E-state index contributed by atoms with van der Waals surface area (Å²) in [5.74, 6) is -0.597. The molecule has 1 heterocycles. The zero-order chi connectivity index (χ0) is 12.3. The molecule has 0 amide bonds. The second-order valence-electron chi connectivity index (χ2n) is 4.40. The van der Waals surface area contributed by atoms with Gasteiger partial charge in [-0.1, -0.05) is 22.0 Å². The summed E-state index contributed by atoms with van der Waals surface area (Å²) in [6.07, 6.45) is 2.44. The van der Waals surface area contributed by atoms with E-state index in [1.807, 2.05) is 0 Å². The fourth-order valence-electron chi connectivity index (χ4n) is 2.14. The molecular formula is C13H15BrF2O. The van der Waals surface area contributed by atoms with Gasteiger partial charge in [-0.25, -0.2) is 8.78 Å². The predicted octanol–water partition coefficient (Wildman–Crippen LogP) is 3.70. The third kappa shape index (κ3) is 3.26. The molecule has 1 aliphatic heterocycles. The van der Waals surface area contributed by atoms with Crippen molar-refractivity contribution in [3.8, 4) is 0 Å². The van der Waals surface area contributed by atoms with Crippen molar-refractivity contribution in [2.24, 2.45) is 5.92 Å². The number of ether oxygens (including phenoxy) is 1. The maximum absolute atomic E-state index is 13.5. The van der Waals surface area contributed by atoms with Gasteiger partial charge in [-0.3, -0.25) is 0 Å². The quantitative estimate of drug-likeness (QED) is 0.774. The fraction of sp³-hybridized carbons (Fsp3) is 0.538. The topological polar surface area (TPSA) is 9.23 Å². The number of benzene rings is 1. The van der Waals surface area contributed by atoms with Crippen LogP contribution in [0.1, 0.15) is 18.4 Å². The minimum absolute atomic E-state index is 0.0641. The monoisotopic (exact) mass is 304 g/mol. The van der Waals surface area contributed by atoms with Crippen LogP contribution < -0.4 is 0 Å². The highest BCUT2D eigenvalue weighted by Crippen LogP contribution is 2.27. The molecule has 2 atom stereocenters. The zero-order valence-electron chi connectivity index (χ0n) is 9.46. The van der Waals surface area contributed by atoms with E-state index in [-0.39, 0.29) is 10.4 Å². The summed E-state index contributed by atoms with van der Waals surface area (Å²) in [5, 5.41) is 0. The zero-order valence-corrected chi connectivity index (χ0v) is 11.1. The standard InChI is InChI=1S/C13H15BrF2O/c14-11(9-3-2-6-17-8-9)7-10-12(15)4-1-5-13(10)16/h1,4-5,9,11H,2-3,6-8H2. The molecule has 0 spiro atoms. The lowest BCUT2D eigenvalue weighted by Gasteiger charge is -2.26. The van der Waals surface area contributed by atoms with E-state index in [4.69, 9.17) is 4.74 Å². The Labute approximate surface area is 108 Å². The molecule has 1 aromatic rings. The Kier molecular flexibility index (Phi) is 4.51. The molecule has 1 aliphatic rings. The lowest BCUT2D eigenvalue weighted by atomic mass is 9.94. The lowest BCUT2D eigenvalue weighted by molar-refractivity contribution is 0.0546. The summed E-state index contributed by atoms with van der Waals surface area (Å²) in [5.41, 5.74) is 0.167. The van der Waals surface area contributed by atoms with Crippen molar-refractivity contribution in [1.82, 2.24) is 0 Å². The van der Waals surface area contributed by atoms with Crippen LogP contribution in [0.25, 0.3) is 0 Å². The first-order valence-corrected chi connectivity index (χ1v) is 6.74. The van der Waals surface area contributed by atoms with Crippen LogP contribution in [0.5, 0.6) is 0 Å². The van der Waals surface area contributed by atoms with Crippen LogP contribution in [-0.2, 0) is 11.2 Å². The SMILES string of the molecule is Fc1cccc(F)c1CC(Br)C1CCCOC1. The van der Waals surface area contributed by atoms with Crippen LogP contribution in [0, 0.1) is 17.6 Å². The maximum atomic E-state index is 13.5. The van der Waals surface area contributed by atoms with Gasteiger partial charge in [0.05, 0.1) is 6.61 Å². The van der Waals surface area contributed by atoms with Gasteiger partial charge < -0.3 is 4.74 Å². The van der Waals surface area contributed by atoms with E-state index in [1.165, 1.54) is 18.2 Å². The van der Waals surface area contributed by atoms with Crippen molar-refractivity contribution in [2.45, 2.75) is 24.1 Å². The average molecular weight is 305 g/mol. The molecule has 0 aromatic heterocycles. The molecule has 0 bridgehead atoms. The third-order valence-corrected chi connectivity index (χ3v) is 4.24. The fourth-order valence-corrected chi connectivity index (χ4v) is 2.88. The van der Waals surface area contributed by atoms with Crippen LogP contribution in [0.2, 0.25) is 0 Å². The molecule has 0 N–H and O–H groups in total. The summed E-state index contributed by atoms with van der Waals surface area (Å²) in [6, 6.07) is 3.99. The molecule has 0 saturated carbocycles. The number of rotatable bonds is 3. The molecular weight excluding hydrogens is 290 g/mol. The van der Waals surface area contributed by atoms with Crippen LogP contribution in [0.3, 0.4) is 0 Å². The Morgan fingerprint density at radius 1 is 1.35 bits per heavy atom. The first-order chi connectivity index (χ1) is 8.18. The molecule has 1 saturated heterocycles. The first kappa shape index (κ1) is 13.0. The number of hydrogen-bond donors (Lipinski definition) is 0. The smallest absolute Gasteiger partial charge is 0.129 e. The van der Waals surface area contributed by atoms with Gasteiger partial charge in [-0.2, -0.15) is 0 Å². The average Bonchev–Trinajstić information content (AvgIpc) is 2.35. The lowest BCUT2D eigenvalue weighted by Crippen LogP contribution is -2.27. The van der Waals surface area contributed by atoms with Crippen molar-refractivity contribution in [2.75, 3.05) is 13.2 Å². The highest BCUT2D eigenvalue weighted by Gasteiger charge is 2.24. The van der Waals surface area contributed by atoms with Gasteiger partial charge in [0.15, 0.2) is 0 Å². The van der Waals surface area contributed by atoms with Crippen molar-refractivity contribution in [3.63, 3.8) is 0 Å². The van der Waals surface area contributed by atoms with Gasteiger partial charge in [-0.05, 0) is 37.3 Å². The molecule has 1 nitrogen and oxygen atoms in total. The van der Waals surface area contributed by atoms with E-state index >= 15 is 0 Å². The third-order valence-electron chi connectivity index (χ3n) is 3.17. The summed E-state index contributed by atoms with van der Waals surface area (Å²) in [7, 11) is 0. The molecule has 0 aliphatic carbocycles. The van der Waals surface area contributed by atoms with Gasteiger partial charge in [0.1, 0.15) is 11.6 Å². The number of halogens is 3. The van der Waals surface area contributed by atoms with Crippen molar-refractivity contribution >= 4 is 15.9 Å². The van der Waals surface area contributed by atoms with E-state index in [1.54, 1.807) is 0 Å². The van der Waals surface area contributed by atoms with E-state index < -0.39 is 11.6 Å². The van der Waals surface area contributed by atoms with E-state index in [0.717, 1.165) is 19.4 Å². The highest BCUT2D eigenvalue weighted by molar-refractivity contribution is 9.09. The summed E-state index contributed by atoms with van der Waals surface area (Å²) < 4.78 is 32.4. The Bertz CT molecular complexity index is 357. The van der Waals surface area contributed by atoms with E-state index in [0.29, 0.717) is 18.9 Å². The normalized spacial score (nSPS) is 22.4. The molecule has 17 heavy (non-hydrogen) atoms. The van der Waals surface area contributed by atoms with Crippen LogP contribution in [0.15, 0.2) is 18.2 Å². The van der Waals surface area contributed by atoms with Crippen molar-refractivity contribution in [3.05, 3.63) is 35.4 Å². The molecule has 4 heteroatoms. The first-order valence-electron chi connectivity index (χ1n) is 5.83. The Balaban J connectivity index is 2.04. The maximum Gasteiger partial charge on any atom is 0.129 e. The predicted molar refractivity (Wildman–Crippen MR) is 66.3 cm³/mol. The Morgan fingerprint density at radius 2 is 2.06 bits per heavy atom. The van der Waals surface area contributed by atoms with Crippen molar-refractivity contribution in [1.29, 1.82) is 0 Å². The molecule has 1 fully saturated rings. The van der Waals surface area contributed by atoms with Gasteiger partial charge >= 0.3 is 0 Å². The molecule has 2 rings (SSSR count). The van der Waals surface area contributed by atoms with Gasteiger partial charge in [0, 0.05) is 17.0 Å². The van der Waals surface area contributed by atoms with Crippen LogP contribution in [-0.4, -0.2) is 18.0 Å². The minimum atomic E-state index is -0.467. The molecule has 2 unspecified atom stereocenters. The van der Waals surface area contributed by atoms with Crippen LogP contribution in [0.4, 0.5) is 8.78 Å². The van der Waals surface area contributed by atoms with Crippen LogP contribution >= 0.6 is 15.9 Å². The second kappa shape index (κ2) is 5.91. The summed E-state index contributed by atoms with van der Waals surface area (Å²) in [6.45, 7) is 1.47. The van der Waals surface area contributed by atoms with Gasteiger partial charge in [0.25, 0.3) is 0 Å². The number of alkyl halides is 1. The van der Waals surface area contributed by atoms with Crippen molar-refractivity contribution < 1.29 is 13.5 Å². The number of hydrogen-bond acceptors (Lipinski definition) is 1. The Morgan fingerprint density at radius 3 is 2.65 bits per heavy atom.